The van der Waals surface area contributed by atoms with Crippen LogP contribution in [-0.2, 0) is 16.0 Å². The summed E-state index contributed by atoms with van der Waals surface area (Å²) in [7, 11) is 1.32. The van der Waals surface area contributed by atoms with Crippen LogP contribution in [0.4, 0.5) is 5.13 Å². The molecule has 100 valence electrons. The van der Waals surface area contributed by atoms with E-state index in [1.165, 1.54) is 24.6 Å². The lowest BCUT2D eigenvalue weighted by Crippen LogP contribution is -2.12. The van der Waals surface area contributed by atoms with Crippen molar-refractivity contribution in [2.24, 2.45) is 0 Å². The van der Waals surface area contributed by atoms with Crippen molar-refractivity contribution in [2.45, 2.75) is 13.3 Å². The summed E-state index contributed by atoms with van der Waals surface area (Å²) in [6, 6.07) is 0. The molecule has 0 aliphatic rings. The Balaban J connectivity index is 2.02. The number of ether oxygens (including phenoxy) is 1. The summed E-state index contributed by atoms with van der Waals surface area (Å²) in [5.41, 5.74) is 1.71. The monoisotopic (exact) mass is 280 g/mol. The molecule has 2 rings (SSSR count). The summed E-state index contributed by atoms with van der Waals surface area (Å²) in [6.45, 7) is 1.76. The Morgan fingerprint density at radius 3 is 2.95 bits per heavy atom. The van der Waals surface area contributed by atoms with Gasteiger partial charge in [-0.25, -0.2) is 4.98 Å². The van der Waals surface area contributed by atoms with Crippen LogP contribution in [0.5, 0.6) is 0 Å². The topological polar surface area (TPSA) is 97.0 Å². The SMILES string of the molecule is COC(=O)Cc1csc(NC(=O)c2cn[nH]c2C)n1. The van der Waals surface area contributed by atoms with Crippen LogP contribution in [-0.4, -0.2) is 34.2 Å². The maximum absolute atomic E-state index is 11.9. The molecule has 7 nitrogen and oxygen atoms in total. The van der Waals surface area contributed by atoms with Crippen LogP contribution in [0.3, 0.4) is 0 Å². The van der Waals surface area contributed by atoms with Gasteiger partial charge in [0.05, 0.1) is 31.0 Å². The highest BCUT2D eigenvalue weighted by molar-refractivity contribution is 7.14. The van der Waals surface area contributed by atoms with Crippen molar-refractivity contribution in [3.8, 4) is 0 Å². The Kier molecular flexibility index (Phi) is 3.91. The number of carbonyl (C=O) groups excluding carboxylic acids is 2. The van der Waals surface area contributed by atoms with E-state index in [2.05, 4.69) is 25.2 Å². The minimum Gasteiger partial charge on any atom is -0.469 e. The number of anilines is 1. The zero-order valence-electron chi connectivity index (χ0n) is 10.4. The fourth-order valence-corrected chi connectivity index (χ4v) is 2.11. The second-order valence-corrected chi connectivity index (χ2v) is 4.62. The molecule has 0 bridgehead atoms. The quantitative estimate of drug-likeness (QED) is 0.819. The third kappa shape index (κ3) is 3.16. The molecule has 0 spiro atoms. The van der Waals surface area contributed by atoms with Crippen molar-refractivity contribution in [1.82, 2.24) is 15.2 Å². The van der Waals surface area contributed by atoms with E-state index >= 15 is 0 Å². The number of aryl methyl sites for hydroxylation is 1. The molecule has 2 aromatic rings. The molecule has 0 saturated heterocycles. The van der Waals surface area contributed by atoms with Crippen LogP contribution >= 0.6 is 11.3 Å². The first kappa shape index (κ1) is 13.2. The molecule has 0 unspecified atom stereocenters. The van der Waals surface area contributed by atoms with Gasteiger partial charge in [0, 0.05) is 11.1 Å². The van der Waals surface area contributed by atoms with Crippen molar-refractivity contribution in [2.75, 3.05) is 12.4 Å². The maximum atomic E-state index is 11.9. The van der Waals surface area contributed by atoms with E-state index in [1.54, 1.807) is 12.3 Å². The van der Waals surface area contributed by atoms with E-state index in [9.17, 15) is 9.59 Å². The van der Waals surface area contributed by atoms with E-state index in [-0.39, 0.29) is 18.3 Å². The molecule has 0 aliphatic heterocycles. The van der Waals surface area contributed by atoms with Gasteiger partial charge in [0.2, 0.25) is 0 Å². The zero-order chi connectivity index (χ0) is 13.8. The van der Waals surface area contributed by atoms with Crippen molar-refractivity contribution in [3.05, 3.63) is 28.5 Å². The van der Waals surface area contributed by atoms with Gasteiger partial charge in [0.15, 0.2) is 5.13 Å². The molecule has 0 fully saturated rings. The maximum Gasteiger partial charge on any atom is 0.311 e. The fourth-order valence-electron chi connectivity index (χ4n) is 1.41. The average Bonchev–Trinajstić information content (AvgIpc) is 2.98. The number of nitrogens with one attached hydrogen (secondary N) is 2. The molecule has 0 radical (unpaired) electrons. The number of thiazole rings is 1. The number of hydrogen-bond acceptors (Lipinski definition) is 6. The smallest absolute Gasteiger partial charge is 0.311 e. The molecule has 0 saturated carbocycles. The molecule has 2 heterocycles. The zero-order valence-corrected chi connectivity index (χ0v) is 11.2. The normalized spacial score (nSPS) is 10.2. The van der Waals surface area contributed by atoms with E-state index in [0.717, 1.165) is 0 Å². The van der Waals surface area contributed by atoms with Gasteiger partial charge in [-0.2, -0.15) is 5.10 Å². The minimum absolute atomic E-state index is 0.0909. The number of amides is 1. The Morgan fingerprint density at radius 2 is 2.32 bits per heavy atom. The van der Waals surface area contributed by atoms with Crippen molar-refractivity contribution >= 4 is 28.3 Å². The standard InChI is InChI=1S/C11H12N4O3S/c1-6-8(4-12-15-6)10(17)14-11-13-7(5-19-11)3-9(16)18-2/h4-5H,3H2,1-2H3,(H,12,15)(H,13,14,17). The van der Waals surface area contributed by atoms with E-state index in [1.807, 2.05) is 0 Å². The van der Waals surface area contributed by atoms with Gasteiger partial charge in [-0.05, 0) is 6.92 Å². The third-order valence-corrected chi connectivity index (χ3v) is 3.21. The second kappa shape index (κ2) is 5.61. The van der Waals surface area contributed by atoms with E-state index in [4.69, 9.17) is 0 Å². The van der Waals surface area contributed by atoms with Gasteiger partial charge in [0.1, 0.15) is 0 Å². The number of nitrogens with zero attached hydrogens (tertiary/aromatic N) is 2. The molecule has 19 heavy (non-hydrogen) atoms. The summed E-state index contributed by atoms with van der Waals surface area (Å²) in [4.78, 5) is 27.1. The highest BCUT2D eigenvalue weighted by Crippen LogP contribution is 2.17. The first-order valence-corrected chi connectivity index (χ1v) is 6.30. The van der Waals surface area contributed by atoms with Gasteiger partial charge in [0.25, 0.3) is 5.91 Å². The predicted octanol–water partition coefficient (Wildman–Crippen LogP) is 1.14. The van der Waals surface area contributed by atoms with Crippen molar-refractivity contribution in [1.29, 1.82) is 0 Å². The number of aromatic amines is 1. The second-order valence-electron chi connectivity index (χ2n) is 3.76. The number of rotatable bonds is 4. The summed E-state index contributed by atoms with van der Waals surface area (Å²) >= 11 is 1.25. The number of aromatic nitrogens is 3. The number of H-pyrrole nitrogens is 1. The molecular weight excluding hydrogens is 268 g/mol. The number of carbonyl (C=O) groups is 2. The fraction of sp³-hybridized carbons (Fsp3) is 0.273. The average molecular weight is 280 g/mol. The Hall–Kier alpha value is -2.22. The highest BCUT2D eigenvalue weighted by Gasteiger charge is 2.13. The molecule has 8 heteroatoms. The van der Waals surface area contributed by atoms with Crippen LogP contribution in [0, 0.1) is 6.92 Å². The van der Waals surface area contributed by atoms with Gasteiger partial charge >= 0.3 is 5.97 Å². The Bertz CT molecular complexity index is 605. The minimum atomic E-state index is -0.367. The summed E-state index contributed by atoms with van der Waals surface area (Å²) < 4.78 is 4.55. The molecule has 1 amide bonds. The summed E-state index contributed by atoms with van der Waals surface area (Å²) in [6.07, 6.45) is 1.54. The highest BCUT2D eigenvalue weighted by atomic mass is 32.1. The van der Waals surface area contributed by atoms with E-state index in [0.29, 0.717) is 22.1 Å². The van der Waals surface area contributed by atoms with Crippen LogP contribution in [0.2, 0.25) is 0 Å². The van der Waals surface area contributed by atoms with Crippen LogP contribution in [0.1, 0.15) is 21.7 Å². The Morgan fingerprint density at radius 1 is 1.53 bits per heavy atom. The number of methoxy groups -OCH3 is 1. The molecule has 2 N–H and O–H groups in total. The van der Waals surface area contributed by atoms with E-state index < -0.39 is 0 Å². The van der Waals surface area contributed by atoms with Crippen LogP contribution in [0.25, 0.3) is 0 Å². The Labute approximate surface area is 113 Å². The molecule has 0 aliphatic carbocycles. The van der Waals surface area contributed by atoms with Crippen molar-refractivity contribution in [3.63, 3.8) is 0 Å². The van der Waals surface area contributed by atoms with Crippen LogP contribution < -0.4 is 5.32 Å². The molecular formula is C11H12N4O3S. The van der Waals surface area contributed by atoms with Gasteiger partial charge in [-0.1, -0.05) is 0 Å². The number of hydrogen-bond donors (Lipinski definition) is 2. The van der Waals surface area contributed by atoms with Gasteiger partial charge in [-0.3, -0.25) is 20.0 Å². The lowest BCUT2D eigenvalue weighted by molar-refractivity contribution is -0.139. The molecule has 0 aromatic carbocycles. The molecule has 0 atom stereocenters. The summed E-state index contributed by atoms with van der Waals surface area (Å²) in [5, 5.41) is 11.3. The van der Waals surface area contributed by atoms with Crippen LogP contribution in [0.15, 0.2) is 11.6 Å². The lowest BCUT2D eigenvalue weighted by atomic mass is 10.2. The van der Waals surface area contributed by atoms with Gasteiger partial charge in [-0.15, -0.1) is 11.3 Å². The summed E-state index contributed by atoms with van der Waals surface area (Å²) in [5.74, 6) is -0.654. The lowest BCUT2D eigenvalue weighted by Gasteiger charge is -1.99. The number of esters is 1. The predicted molar refractivity (Wildman–Crippen MR) is 69.1 cm³/mol. The van der Waals surface area contributed by atoms with Crippen molar-refractivity contribution < 1.29 is 14.3 Å². The molecule has 2 aromatic heterocycles. The first-order valence-electron chi connectivity index (χ1n) is 5.42. The largest absolute Gasteiger partial charge is 0.469 e. The third-order valence-electron chi connectivity index (χ3n) is 2.40. The van der Waals surface area contributed by atoms with Gasteiger partial charge < -0.3 is 4.74 Å². The first-order chi connectivity index (χ1) is 9.10.